The Kier molecular flexibility index (Phi) is 6.17. The second-order valence-corrected chi connectivity index (χ2v) is 6.65. The van der Waals surface area contributed by atoms with Gasteiger partial charge >= 0.3 is 12.1 Å². The second-order valence-electron chi connectivity index (χ2n) is 6.65. The van der Waals surface area contributed by atoms with Crippen molar-refractivity contribution in [2.75, 3.05) is 17.2 Å². The van der Waals surface area contributed by atoms with E-state index in [0.29, 0.717) is 11.4 Å². The van der Waals surface area contributed by atoms with Gasteiger partial charge in [-0.25, -0.2) is 9.59 Å². The Morgan fingerprint density at radius 2 is 1.78 bits per heavy atom. The van der Waals surface area contributed by atoms with E-state index < -0.39 is 30.2 Å². The van der Waals surface area contributed by atoms with Crippen molar-refractivity contribution in [2.45, 2.75) is 33.3 Å². The molecule has 0 saturated heterocycles. The molecule has 0 radical (unpaired) electrons. The van der Waals surface area contributed by atoms with Gasteiger partial charge in [-0.3, -0.25) is 10.1 Å². The quantitative estimate of drug-likeness (QED) is 0.770. The molecule has 0 bridgehead atoms. The minimum atomic E-state index is -0.676. The van der Waals surface area contributed by atoms with Crippen molar-refractivity contribution in [1.29, 1.82) is 0 Å². The van der Waals surface area contributed by atoms with Gasteiger partial charge in [0.15, 0.2) is 12.4 Å². The summed E-state index contributed by atoms with van der Waals surface area (Å²) < 4.78 is 14.9. The lowest BCUT2D eigenvalue weighted by Crippen LogP contribution is -2.27. The normalized spacial score (nSPS) is 10.8. The zero-order chi connectivity index (χ0) is 20.0. The molecule has 0 aliphatic rings. The number of hydrogen-bond acceptors (Lipinski definition) is 7. The maximum absolute atomic E-state index is 12.0. The number of carbonyl (C=O) groups excluding carboxylic acids is 3. The molecule has 0 atom stereocenters. The summed E-state index contributed by atoms with van der Waals surface area (Å²) in [4.78, 5) is 35.4. The molecule has 1 aromatic carbocycles. The molecule has 0 aliphatic heterocycles. The molecule has 2 aromatic rings. The van der Waals surface area contributed by atoms with Crippen LogP contribution in [0.25, 0.3) is 0 Å². The van der Waals surface area contributed by atoms with Crippen molar-refractivity contribution in [1.82, 2.24) is 5.16 Å². The number of benzene rings is 1. The SMILES string of the molecule is Cc1cc(NC(=O)COC(=O)c2ccc(NC(=O)OC(C)(C)C)cc2)no1. The lowest BCUT2D eigenvalue weighted by Gasteiger charge is -2.19. The van der Waals surface area contributed by atoms with Gasteiger partial charge in [-0.15, -0.1) is 0 Å². The molecule has 0 saturated carbocycles. The van der Waals surface area contributed by atoms with Gasteiger partial charge in [0.1, 0.15) is 11.4 Å². The first-order valence-corrected chi connectivity index (χ1v) is 8.13. The maximum atomic E-state index is 12.0. The van der Waals surface area contributed by atoms with E-state index in [0.717, 1.165) is 0 Å². The number of nitrogens with zero attached hydrogens (tertiary/aromatic N) is 1. The number of carbonyl (C=O) groups is 3. The summed E-state index contributed by atoms with van der Waals surface area (Å²) >= 11 is 0. The van der Waals surface area contributed by atoms with Crippen LogP contribution in [0.3, 0.4) is 0 Å². The minimum Gasteiger partial charge on any atom is -0.452 e. The van der Waals surface area contributed by atoms with Crippen LogP contribution in [0.4, 0.5) is 16.3 Å². The van der Waals surface area contributed by atoms with Crippen LogP contribution in [0.5, 0.6) is 0 Å². The van der Waals surface area contributed by atoms with Gasteiger partial charge in [0, 0.05) is 11.8 Å². The number of esters is 1. The zero-order valence-electron chi connectivity index (χ0n) is 15.5. The Morgan fingerprint density at radius 3 is 2.33 bits per heavy atom. The molecule has 0 spiro atoms. The first kappa shape index (κ1) is 20.0. The number of anilines is 2. The second kappa shape index (κ2) is 8.35. The van der Waals surface area contributed by atoms with Crippen molar-refractivity contribution in [2.24, 2.45) is 0 Å². The number of rotatable bonds is 5. The van der Waals surface area contributed by atoms with Gasteiger partial charge < -0.3 is 19.3 Å². The highest BCUT2D eigenvalue weighted by atomic mass is 16.6. The van der Waals surface area contributed by atoms with Crippen molar-refractivity contribution < 1.29 is 28.4 Å². The first-order valence-electron chi connectivity index (χ1n) is 8.13. The third-order valence-electron chi connectivity index (χ3n) is 3.00. The lowest BCUT2D eigenvalue weighted by atomic mass is 10.2. The van der Waals surface area contributed by atoms with Gasteiger partial charge in [-0.2, -0.15) is 0 Å². The largest absolute Gasteiger partial charge is 0.452 e. The lowest BCUT2D eigenvalue weighted by molar-refractivity contribution is -0.119. The third-order valence-corrected chi connectivity index (χ3v) is 3.00. The highest BCUT2D eigenvalue weighted by Gasteiger charge is 2.16. The zero-order valence-corrected chi connectivity index (χ0v) is 15.5. The fourth-order valence-electron chi connectivity index (χ4n) is 1.93. The van der Waals surface area contributed by atoms with E-state index >= 15 is 0 Å². The van der Waals surface area contributed by atoms with E-state index in [-0.39, 0.29) is 11.4 Å². The minimum absolute atomic E-state index is 0.231. The molecule has 0 aliphatic carbocycles. The molecule has 1 aromatic heterocycles. The number of aromatic nitrogens is 1. The highest BCUT2D eigenvalue weighted by Crippen LogP contribution is 2.14. The average molecular weight is 375 g/mol. The van der Waals surface area contributed by atoms with E-state index in [1.165, 1.54) is 30.3 Å². The number of aryl methyl sites for hydroxylation is 1. The number of ether oxygens (including phenoxy) is 2. The summed E-state index contributed by atoms with van der Waals surface area (Å²) in [7, 11) is 0. The standard InChI is InChI=1S/C18H21N3O6/c1-11-9-14(21-27-11)20-15(22)10-25-16(23)12-5-7-13(8-6-12)19-17(24)26-18(2,3)4/h5-9H,10H2,1-4H3,(H,19,24)(H,20,21,22). The smallest absolute Gasteiger partial charge is 0.412 e. The number of amides is 2. The molecule has 2 N–H and O–H groups in total. The molecule has 9 heteroatoms. The van der Waals surface area contributed by atoms with Crippen LogP contribution in [-0.2, 0) is 14.3 Å². The summed E-state index contributed by atoms with van der Waals surface area (Å²) in [5.74, 6) is -0.432. The van der Waals surface area contributed by atoms with Gasteiger partial charge in [-0.05, 0) is 52.0 Å². The van der Waals surface area contributed by atoms with Crippen molar-refractivity contribution in [3.63, 3.8) is 0 Å². The summed E-state index contributed by atoms with van der Waals surface area (Å²) in [5.41, 5.74) is 0.0776. The van der Waals surface area contributed by atoms with Gasteiger partial charge in [0.25, 0.3) is 5.91 Å². The summed E-state index contributed by atoms with van der Waals surface area (Å²) in [6.45, 7) is 6.48. The Labute approximate surface area is 156 Å². The molecule has 9 nitrogen and oxygen atoms in total. The molecule has 0 unspecified atom stereocenters. The van der Waals surface area contributed by atoms with Crippen LogP contribution in [0.2, 0.25) is 0 Å². The van der Waals surface area contributed by atoms with E-state index in [1.54, 1.807) is 27.7 Å². The van der Waals surface area contributed by atoms with E-state index in [9.17, 15) is 14.4 Å². The first-order chi connectivity index (χ1) is 12.6. The third kappa shape index (κ3) is 6.81. The molecule has 2 rings (SSSR count). The predicted molar refractivity (Wildman–Crippen MR) is 96.5 cm³/mol. The van der Waals surface area contributed by atoms with Crippen LogP contribution in [0, 0.1) is 6.92 Å². The Balaban J connectivity index is 1.82. The molecule has 144 valence electrons. The Hall–Kier alpha value is -3.36. The van der Waals surface area contributed by atoms with Crippen molar-refractivity contribution >= 4 is 29.5 Å². The fraction of sp³-hybridized carbons (Fsp3) is 0.333. The average Bonchev–Trinajstić information content (AvgIpc) is 2.96. The fourth-order valence-corrected chi connectivity index (χ4v) is 1.93. The van der Waals surface area contributed by atoms with Gasteiger partial charge in [0.2, 0.25) is 0 Å². The maximum Gasteiger partial charge on any atom is 0.412 e. The Bertz CT molecular complexity index is 820. The van der Waals surface area contributed by atoms with Crippen molar-refractivity contribution in [3.05, 3.63) is 41.7 Å². The van der Waals surface area contributed by atoms with Crippen LogP contribution >= 0.6 is 0 Å². The monoisotopic (exact) mass is 375 g/mol. The molecular weight excluding hydrogens is 354 g/mol. The summed E-state index contributed by atoms with van der Waals surface area (Å²) in [5, 5.41) is 8.59. The molecule has 1 heterocycles. The molecule has 2 amide bonds. The summed E-state index contributed by atoms with van der Waals surface area (Å²) in [6.07, 6.45) is -0.599. The molecule has 0 fully saturated rings. The van der Waals surface area contributed by atoms with Gasteiger partial charge in [0.05, 0.1) is 5.56 Å². The van der Waals surface area contributed by atoms with Crippen molar-refractivity contribution in [3.8, 4) is 0 Å². The van der Waals surface area contributed by atoms with Crippen LogP contribution < -0.4 is 10.6 Å². The molecular formula is C18H21N3O6. The molecule has 27 heavy (non-hydrogen) atoms. The van der Waals surface area contributed by atoms with E-state index in [2.05, 4.69) is 15.8 Å². The van der Waals surface area contributed by atoms with Gasteiger partial charge in [-0.1, -0.05) is 5.16 Å². The van der Waals surface area contributed by atoms with Crippen LogP contribution in [0.1, 0.15) is 36.9 Å². The predicted octanol–water partition coefficient (Wildman–Crippen LogP) is 3.13. The summed E-state index contributed by atoms with van der Waals surface area (Å²) in [6, 6.07) is 7.52. The highest BCUT2D eigenvalue weighted by molar-refractivity contribution is 5.95. The number of hydrogen-bond donors (Lipinski definition) is 2. The van der Waals surface area contributed by atoms with Crippen LogP contribution in [-0.4, -0.2) is 35.3 Å². The topological polar surface area (TPSA) is 120 Å². The van der Waals surface area contributed by atoms with E-state index in [1.807, 2.05) is 0 Å². The van der Waals surface area contributed by atoms with E-state index in [4.69, 9.17) is 14.0 Å². The number of nitrogens with one attached hydrogen (secondary N) is 2. The van der Waals surface area contributed by atoms with Crippen LogP contribution in [0.15, 0.2) is 34.9 Å². The Morgan fingerprint density at radius 1 is 1.11 bits per heavy atom.